The fraction of sp³-hybridized carbons (Fsp3) is 0.458. The van der Waals surface area contributed by atoms with E-state index in [4.69, 9.17) is 9.47 Å². The van der Waals surface area contributed by atoms with Crippen LogP contribution in [0, 0.1) is 6.92 Å². The van der Waals surface area contributed by atoms with E-state index in [0.717, 1.165) is 62.6 Å². The molecular formula is C24H30N2O3. The quantitative estimate of drug-likeness (QED) is 0.673. The number of anilines is 1. The maximum atomic E-state index is 11.5. The monoisotopic (exact) mass is 394 g/mol. The Morgan fingerprint density at radius 3 is 2.72 bits per heavy atom. The molecule has 0 amide bonds. The van der Waals surface area contributed by atoms with Gasteiger partial charge in [0.1, 0.15) is 18.1 Å². The molecule has 1 saturated heterocycles. The van der Waals surface area contributed by atoms with E-state index < -0.39 is 0 Å². The van der Waals surface area contributed by atoms with Gasteiger partial charge in [0.15, 0.2) is 5.78 Å². The Kier molecular flexibility index (Phi) is 6.35. The van der Waals surface area contributed by atoms with Crippen LogP contribution in [-0.2, 0) is 11.2 Å². The molecule has 0 atom stereocenters. The highest BCUT2D eigenvalue weighted by atomic mass is 16.5. The molecule has 0 bridgehead atoms. The van der Waals surface area contributed by atoms with Crippen molar-refractivity contribution < 1.29 is 14.3 Å². The van der Waals surface area contributed by atoms with Crippen molar-refractivity contribution in [2.45, 2.75) is 26.2 Å². The second-order valence-corrected chi connectivity index (χ2v) is 8.00. The van der Waals surface area contributed by atoms with Crippen LogP contribution in [-0.4, -0.2) is 56.6 Å². The molecule has 0 radical (unpaired) electrons. The van der Waals surface area contributed by atoms with Gasteiger partial charge in [-0.2, -0.15) is 0 Å². The van der Waals surface area contributed by atoms with Gasteiger partial charge in [0.25, 0.3) is 0 Å². The Hall–Kier alpha value is -2.53. The maximum Gasteiger partial charge on any atom is 0.174 e. The fourth-order valence-corrected chi connectivity index (χ4v) is 4.03. The van der Waals surface area contributed by atoms with E-state index in [0.29, 0.717) is 13.0 Å². The van der Waals surface area contributed by atoms with Crippen LogP contribution in [0.3, 0.4) is 0 Å². The van der Waals surface area contributed by atoms with E-state index in [1.54, 1.807) is 0 Å². The number of nitrogens with zero attached hydrogens (tertiary/aromatic N) is 2. The molecule has 0 aliphatic carbocycles. The van der Waals surface area contributed by atoms with Gasteiger partial charge in [0.05, 0.1) is 6.61 Å². The Morgan fingerprint density at radius 1 is 1.03 bits per heavy atom. The lowest BCUT2D eigenvalue weighted by Gasteiger charge is -2.36. The zero-order chi connectivity index (χ0) is 20.1. The van der Waals surface area contributed by atoms with E-state index in [1.165, 1.54) is 11.3 Å². The molecule has 0 aromatic heterocycles. The van der Waals surface area contributed by atoms with E-state index in [2.05, 4.69) is 41.0 Å². The summed E-state index contributed by atoms with van der Waals surface area (Å²) in [7, 11) is 0. The lowest BCUT2D eigenvalue weighted by Crippen LogP contribution is -2.46. The van der Waals surface area contributed by atoms with Crippen molar-refractivity contribution in [3.63, 3.8) is 0 Å². The summed E-state index contributed by atoms with van der Waals surface area (Å²) in [6, 6.07) is 14.6. The summed E-state index contributed by atoms with van der Waals surface area (Å²) < 4.78 is 11.3. The number of fused-ring (bicyclic) bond motifs is 1. The average Bonchev–Trinajstić information content (AvgIpc) is 2.73. The van der Waals surface area contributed by atoms with E-state index >= 15 is 0 Å². The van der Waals surface area contributed by atoms with Crippen molar-refractivity contribution >= 4 is 11.5 Å². The molecule has 5 heteroatoms. The van der Waals surface area contributed by atoms with Crippen LogP contribution in [0.2, 0.25) is 0 Å². The number of hydrogen-bond acceptors (Lipinski definition) is 5. The van der Waals surface area contributed by atoms with Crippen LogP contribution in [0.4, 0.5) is 5.69 Å². The van der Waals surface area contributed by atoms with Gasteiger partial charge in [-0.1, -0.05) is 12.1 Å². The first-order valence-corrected chi connectivity index (χ1v) is 10.6. The second kappa shape index (κ2) is 9.31. The highest BCUT2D eigenvalue weighted by Gasteiger charge is 2.18. The SMILES string of the molecule is Cc1cccc(N2CCN(CCCCOc3ccc4c(c3)CC(=O)CO4)CC2)c1. The highest BCUT2D eigenvalue weighted by molar-refractivity contribution is 5.84. The maximum absolute atomic E-state index is 11.5. The molecule has 154 valence electrons. The summed E-state index contributed by atoms with van der Waals surface area (Å²) >= 11 is 0. The van der Waals surface area contributed by atoms with Crippen molar-refractivity contribution in [3.8, 4) is 11.5 Å². The van der Waals surface area contributed by atoms with E-state index in [1.807, 2.05) is 18.2 Å². The summed E-state index contributed by atoms with van der Waals surface area (Å²) in [5.41, 5.74) is 3.60. The number of ether oxygens (including phenoxy) is 2. The van der Waals surface area contributed by atoms with E-state index in [9.17, 15) is 4.79 Å². The summed E-state index contributed by atoms with van der Waals surface area (Å²) in [5, 5.41) is 0. The van der Waals surface area contributed by atoms with Gasteiger partial charge < -0.3 is 14.4 Å². The molecule has 0 saturated carbocycles. The summed E-state index contributed by atoms with van der Waals surface area (Å²) in [5.74, 6) is 1.76. The third kappa shape index (κ3) is 5.30. The number of rotatable bonds is 7. The average molecular weight is 395 g/mol. The van der Waals surface area contributed by atoms with Crippen LogP contribution in [0.15, 0.2) is 42.5 Å². The number of unbranched alkanes of at least 4 members (excludes halogenated alkanes) is 1. The fourth-order valence-electron chi connectivity index (χ4n) is 4.03. The lowest BCUT2D eigenvalue weighted by molar-refractivity contribution is -0.121. The lowest BCUT2D eigenvalue weighted by atomic mass is 10.1. The Labute approximate surface area is 173 Å². The van der Waals surface area contributed by atoms with Gasteiger partial charge in [-0.15, -0.1) is 0 Å². The Balaban J connectivity index is 1.14. The number of piperazine rings is 1. The molecule has 0 unspecified atom stereocenters. The van der Waals surface area contributed by atoms with Gasteiger partial charge in [-0.05, 0) is 62.2 Å². The number of hydrogen-bond donors (Lipinski definition) is 0. The van der Waals surface area contributed by atoms with Crippen LogP contribution in [0.25, 0.3) is 0 Å². The molecule has 0 N–H and O–H groups in total. The van der Waals surface area contributed by atoms with Crippen molar-refractivity contribution in [2.75, 3.05) is 50.8 Å². The molecule has 0 spiro atoms. The number of carbonyl (C=O) groups is 1. The molecule has 4 rings (SSSR count). The highest BCUT2D eigenvalue weighted by Crippen LogP contribution is 2.27. The molecule has 2 heterocycles. The van der Waals surface area contributed by atoms with Crippen LogP contribution in [0.5, 0.6) is 11.5 Å². The first-order valence-electron chi connectivity index (χ1n) is 10.6. The van der Waals surface area contributed by atoms with Gasteiger partial charge in [-0.25, -0.2) is 0 Å². The van der Waals surface area contributed by atoms with Gasteiger partial charge >= 0.3 is 0 Å². The second-order valence-electron chi connectivity index (χ2n) is 8.00. The van der Waals surface area contributed by atoms with Crippen LogP contribution in [0.1, 0.15) is 24.0 Å². The minimum absolute atomic E-state index is 0.122. The number of carbonyl (C=O) groups excluding carboxylic acids is 1. The van der Waals surface area contributed by atoms with Crippen molar-refractivity contribution in [1.29, 1.82) is 0 Å². The molecular weight excluding hydrogens is 364 g/mol. The predicted octanol–water partition coefficient (Wildman–Crippen LogP) is 3.48. The van der Waals surface area contributed by atoms with Crippen LogP contribution < -0.4 is 14.4 Å². The number of Topliss-reactive ketones (excluding diaryl/α,β-unsaturated/α-hetero) is 1. The minimum atomic E-state index is 0.122. The zero-order valence-electron chi connectivity index (χ0n) is 17.2. The first-order chi connectivity index (χ1) is 14.2. The van der Waals surface area contributed by atoms with Crippen molar-refractivity contribution in [2.24, 2.45) is 0 Å². The molecule has 2 aromatic rings. The Bertz CT molecular complexity index is 844. The van der Waals surface area contributed by atoms with Gasteiger partial charge in [0, 0.05) is 43.9 Å². The molecule has 2 aliphatic heterocycles. The topological polar surface area (TPSA) is 42.0 Å². The first kappa shape index (κ1) is 19.8. The van der Waals surface area contributed by atoms with E-state index in [-0.39, 0.29) is 12.4 Å². The number of aryl methyl sites for hydroxylation is 1. The van der Waals surface area contributed by atoms with Gasteiger partial charge in [0.2, 0.25) is 0 Å². The van der Waals surface area contributed by atoms with Crippen molar-refractivity contribution in [1.82, 2.24) is 4.90 Å². The summed E-state index contributed by atoms with van der Waals surface area (Å²) in [6.07, 6.45) is 2.61. The third-order valence-electron chi connectivity index (χ3n) is 5.68. The third-order valence-corrected chi connectivity index (χ3v) is 5.68. The standard InChI is InChI=1S/C24H30N2O3/c1-19-5-4-6-21(15-19)26-12-10-25(11-13-26)9-2-3-14-28-23-7-8-24-20(17-23)16-22(27)18-29-24/h4-8,15,17H,2-3,9-14,16,18H2,1H3. The molecule has 5 nitrogen and oxygen atoms in total. The molecule has 2 aliphatic rings. The Morgan fingerprint density at radius 2 is 1.90 bits per heavy atom. The number of benzene rings is 2. The molecule has 1 fully saturated rings. The smallest absolute Gasteiger partial charge is 0.174 e. The molecule has 2 aromatic carbocycles. The van der Waals surface area contributed by atoms with Gasteiger partial charge in [-0.3, -0.25) is 9.69 Å². The van der Waals surface area contributed by atoms with Crippen molar-refractivity contribution in [3.05, 3.63) is 53.6 Å². The van der Waals surface area contributed by atoms with Crippen LogP contribution >= 0.6 is 0 Å². The largest absolute Gasteiger partial charge is 0.494 e. The minimum Gasteiger partial charge on any atom is -0.494 e. The predicted molar refractivity (Wildman–Crippen MR) is 115 cm³/mol. The summed E-state index contributed by atoms with van der Waals surface area (Å²) in [4.78, 5) is 16.6. The number of ketones is 1. The normalized spacial score (nSPS) is 17.0. The zero-order valence-corrected chi connectivity index (χ0v) is 17.2. The molecule has 29 heavy (non-hydrogen) atoms. The summed E-state index contributed by atoms with van der Waals surface area (Å²) in [6.45, 7) is 8.59.